The first-order valence-electron chi connectivity index (χ1n) is 7.17. The van der Waals surface area contributed by atoms with Gasteiger partial charge in [0.05, 0.1) is 5.75 Å². The average molecular weight is 276 g/mol. The topological polar surface area (TPSA) is 49.4 Å². The highest BCUT2D eigenvalue weighted by atomic mass is 32.2. The number of hydrogen-bond donors (Lipinski definition) is 1. The Kier molecular flexibility index (Phi) is 6.60. The molecule has 5 heteroatoms. The first-order chi connectivity index (χ1) is 8.47. The van der Waals surface area contributed by atoms with Crippen molar-refractivity contribution in [1.82, 2.24) is 9.62 Å². The van der Waals surface area contributed by atoms with Crippen LogP contribution in [0, 0.1) is 5.92 Å². The van der Waals surface area contributed by atoms with Crippen molar-refractivity contribution < 1.29 is 8.42 Å². The lowest BCUT2D eigenvalue weighted by atomic mass is 9.99. The summed E-state index contributed by atoms with van der Waals surface area (Å²) < 4.78 is 26.3. The Morgan fingerprint density at radius 1 is 1.39 bits per heavy atom. The van der Waals surface area contributed by atoms with Crippen LogP contribution in [0.2, 0.25) is 0 Å². The SMILES string of the molecule is CCCCS(=O)(=O)N(CC1CCCNC1)C(C)C. The van der Waals surface area contributed by atoms with Crippen LogP contribution in [0.25, 0.3) is 0 Å². The minimum Gasteiger partial charge on any atom is -0.316 e. The van der Waals surface area contributed by atoms with E-state index < -0.39 is 10.0 Å². The maximum absolute atomic E-state index is 12.3. The van der Waals surface area contributed by atoms with E-state index in [1.807, 2.05) is 20.8 Å². The highest BCUT2D eigenvalue weighted by Gasteiger charge is 2.27. The van der Waals surface area contributed by atoms with Crippen LogP contribution in [0.4, 0.5) is 0 Å². The number of nitrogens with one attached hydrogen (secondary N) is 1. The maximum Gasteiger partial charge on any atom is 0.214 e. The lowest BCUT2D eigenvalue weighted by Crippen LogP contribution is -2.45. The van der Waals surface area contributed by atoms with Gasteiger partial charge in [0.25, 0.3) is 0 Å². The van der Waals surface area contributed by atoms with Crippen molar-refractivity contribution in [3.63, 3.8) is 0 Å². The highest BCUT2D eigenvalue weighted by Crippen LogP contribution is 2.17. The highest BCUT2D eigenvalue weighted by molar-refractivity contribution is 7.89. The minimum absolute atomic E-state index is 0.0637. The van der Waals surface area contributed by atoms with E-state index in [-0.39, 0.29) is 6.04 Å². The summed E-state index contributed by atoms with van der Waals surface area (Å²) in [5.74, 6) is 0.763. The van der Waals surface area contributed by atoms with Crippen LogP contribution in [0.15, 0.2) is 0 Å². The molecule has 0 radical (unpaired) electrons. The zero-order valence-corrected chi connectivity index (χ0v) is 12.8. The third kappa shape index (κ3) is 4.86. The molecule has 1 N–H and O–H groups in total. The second-order valence-corrected chi connectivity index (χ2v) is 7.59. The van der Waals surface area contributed by atoms with Gasteiger partial charge in [0, 0.05) is 12.6 Å². The van der Waals surface area contributed by atoms with E-state index in [1.165, 1.54) is 0 Å². The Morgan fingerprint density at radius 3 is 2.61 bits per heavy atom. The molecular formula is C13H28N2O2S. The molecule has 0 aromatic rings. The summed E-state index contributed by atoms with van der Waals surface area (Å²) in [6, 6.07) is 0.0637. The first kappa shape index (κ1) is 15.9. The molecule has 1 fully saturated rings. The van der Waals surface area contributed by atoms with Gasteiger partial charge in [0.2, 0.25) is 10.0 Å². The van der Waals surface area contributed by atoms with Gasteiger partial charge in [-0.2, -0.15) is 4.31 Å². The summed E-state index contributed by atoms with van der Waals surface area (Å²) in [4.78, 5) is 0. The summed E-state index contributed by atoms with van der Waals surface area (Å²) in [6.45, 7) is 8.67. The minimum atomic E-state index is -3.08. The number of nitrogens with zero attached hydrogens (tertiary/aromatic N) is 1. The monoisotopic (exact) mass is 276 g/mol. The van der Waals surface area contributed by atoms with Crippen molar-refractivity contribution in [3.05, 3.63) is 0 Å². The summed E-state index contributed by atoms with van der Waals surface area (Å²) in [7, 11) is -3.08. The molecule has 0 spiro atoms. The van der Waals surface area contributed by atoms with Crippen LogP contribution in [-0.4, -0.2) is 44.2 Å². The number of hydrogen-bond acceptors (Lipinski definition) is 3. The Morgan fingerprint density at radius 2 is 2.11 bits per heavy atom. The fraction of sp³-hybridized carbons (Fsp3) is 1.00. The quantitative estimate of drug-likeness (QED) is 0.772. The Labute approximate surface area is 112 Å². The molecule has 1 saturated heterocycles. The van der Waals surface area contributed by atoms with Crippen molar-refractivity contribution in [2.24, 2.45) is 5.92 Å². The van der Waals surface area contributed by atoms with Gasteiger partial charge in [-0.1, -0.05) is 13.3 Å². The molecule has 1 rings (SSSR count). The zero-order chi connectivity index (χ0) is 13.6. The summed E-state index contributed by atoms with van der Waals surface area (Å²) >= 11 is 0. The van der Waals surface area contributed by atoms with Crippen LogP contribution in [-0.2, 0) is 10.0 Å². The largest absolute Gasteiger partial charge is 0.316 e. The summed E-state index contributed by atoms with van der Waals surface area (Å²) in [6.07, 6.45) is 3.98. The molecule has 0 saturated carbocycles. The molecule has 0 aromatic carbocycles. The fourth-order valence-electron chi connectivity index (χ4n) is 2.42. The van der Waals surface area contributed by atoms with E-state index in [2.05, 4.69) is 5.32 Å². The Balaban J connectivity index is 2.63. The molecule has 1 aliphatic rings. The second kappa shape index (κ2) is 7.46. The standard InChI is InChI=1S/C13H28N2O2S/c1-4-5-9-18(16,17)15(12(2)3)11-13-7-6-8-14-10-13/h12-14H,4-11H2,1-3H3. The fourth-order valence-corrected chi connectivity index (χ4v) is 4.39. The van der Waals surface area contributed by atoms with E-state index in [4.69, 9.17) is 0 Å². The normalized spacial score (nSPS) is 21.7. The molecule has 4 nitrogen and oxygen atoms in total. The Bertz CT molecular complexity index is 322. The molecule has 0 amide bonds. The van der Waals surface area contributed by atoms with Crippen LogP contribution < -0.4 is 5.32 Å². The number of sulfonamides is 1. The molecule has 1 atom stereocenters. The van der Waals surface area contributed by atoms with Gasteiger partial charge in [-0.3, -0.25) is 0 Å². The van der Waals surface area contributed by atoms with E-state index >= 15 is 0 Å². The molecular weight excluding hydrogens is 248 g/mol. The lowest BCUT2D eigenvalue weighted by molar-refractivity contribution is 0.263. The van der Waals surface area contributed by atoms with Gasteiger partial charge in [0.1, 0.15) is 0 Å². The smallest absolute Gasteiger partial charge is 0.214 e. The number of unbranched alkanes of at least 4 members (excludes halogenated alkanes) is 1. The number of piperidine rings is 1. The van der Waals surface area contributed by atoms with Crippen molar-refractivity contribution in [1.29, 1.82) is 0 Å². The lowest BCUT2D eigenvalue weighted by Gasteiger charge is -2.32. The average Bonchev–Trinajstić information content (AvgIpc) is 2.34. The molecule has 1 aliphatic heterocycles. The van der Waals surface area contributed by atoms with Crippen LogP contribution in [0.5, 0.6) is 0 Å². The van der Waals surface area contributed by atoms with Crippen molar-refractivity contribution in [3.8, 4) is 0 Å². The molecule has 0 aromatic heterocycles. The third-order valence-corrected chi connectivity index (χ3v) is 5.62. The number of rotatable bonds is 7. The van der Waals surface area contributed by atoms with Gasteiger partial charge in [-0.05, 0) is 52.1 Å². The van der Waals surface area contributed by atoms with Crippen molar-refractivity contribution in [2.45, 2.75) is 52.5 Å². The van der Waals surface area contributed by atoms with Gasteiger partial charge >= 0.3 is 0 Å². The van der Waals surface area contributed by atoms with E-state index in [0.29, 0.717) is 18.2 Å². The predicted octanol–water partition coefficient (Wildman–Crippen LogP) is 1.83. The van der Waals surface area contributed by atoms with Crippen LogP contribution in [0.1, 0.15) is 46.5 Å². The van der Waals surface area contributed by atoms with Gasteiger partial charge in [0.15, 0.2) is 0 Å². The molecule has 1 unspecified atom stereocenters. The molecule has 0 aliphatic carbocycles. The summed E-state index contributed by atoms with van der Waals surface area (Å²) in [5, 5.41) is 3.35. The zero-order valence-electron chi connectivity index (χ0n) is 12.0. The van der Waals surface area contributed by atoms with Crippen molar-refractivity contribution in [2.75, 3.05) is 25.4 Å². The third-order valence-electron chi connectivity index (χ3n) is 3.53. The van der Waals surface area contributed by atoms with Gasteiger partial charge < -0.3 is 5.32 Å². The molecule has 1 heterocycles. The molecule has 18 heavy (non-hydrogen) atoms. The first-order valence-corrected chi connectivity index (χ1v) is 8.78. The molecule has 108 valence electrons. The molecule has 0 bridgehead atoms. The maximum atomic E-state index is 12.3. The van der Waals surface area contributed by atoms with E-state index in [1.54, 1.807) is 4.31 Å². The summed E-state index contributed by atoms with van der Waals surface area (Å²) in [5.41, 5.74) is 0. The van der Waals surface area contributed by atoms with E-state index in [0.717, 1.165) is 38.8 Å². The van der Waals surface area contributed by atoms with E-state index in [9.17, 15) is 8.42 Å². The predicted molar refractivity (Wildman–Crippen MR) is 76.1 cm³/mol. The van der Waals surface area contributed by atoms with Gasteiger partial charge in [-0.25, -0.2) is 8.42 Å². The van der Waals surface area contributed by atoms with Crippen molar-refractivity contribution >= 4 is 10.0 Å². The van der Waals surface area contributed by atoms with Crippen LogP contribution in [0.3, 0.4) is 0 Å². The second-order valence-electron chi connectivity index (χ2n) is 5.55. The van der Waals surface area contributed by atoms with Gasteiger partial charge in [-0.15, -0.1) is 0 Å². The Hall–Kier alpha value is -0.130. The van der Waals surface area contributed by atoms with Crippen LogP contribution >= 0.6 is 0 Å².